The second kappa shape index (κ2) is 6.96. The summed E-state index contributed by atoms with van der Waals surface area (Å²) in [7, 11) is 0. The summed E-state index contributed by atoms with van der Waals surface area (Å²) in [5, 5.41) is 9.47. The van der Waals surface area contributed by atoms with Crippen LogP contribution in [0.3, 0.4) is 0 Å². The minimum absolute atomic E-state index is 0.0956. The van der Waals surface area contributed by atoms with Crippen LogP contribution in [0.2, 0.25) is 0 Å². The van der Waals surface area contributed by atoms with Crippen LogP contribution in [0.15, 0.2) is 0 Å². The zero-order valence-electron chi connectivity index (χ0n) is 17.5. The SMILES string of the molecule is N#CC1CC2CC2N1C(=O)CC12CC3CC(C1)CC(OC(=O)CCCC(N)=O)(C3)C2. The Balaban J connectivity index is 1.27. The van der Waals surface area contributed by atoms with Gasteiger partial charge in [0.2, 0.25) is 11.8 Å². The van der Waals surface area contributed by atoms with Crippen LogP contribution in [0.1, 0.15) is 77.0 Å². The molecule has 2 amide bonds. The smallest absolute Gasteiger partial charge is 0.306 e. The molecule has 2 N–H and O–H groups in total. The monoisotopic (exact) mass is 413 g/mol. The molecule has 6 aliphatic rings. The Morgan fingerprint density at radius 3 is 2.47 bits per heavy atom. The van der Waals surface area contributed by atoms with Crippen molar-refractivity contribution in [1.82, 2.24) is 4.90 Å². The van der Waals surface area contributed by atoms with E-state index in [1.54, 1.807) is 0 Å². The summed E-state index contributed by atoms with van der Waals surface area (Å²) in [6, 6.07) is 2.36. The van der Waals surface area contributed by atoms with Crippen LogP contribution >= 0.6 is 0 Å². The van der Waals surface area contributed by atoms with Crippen molar-refractivity contribution < 1.29 is 19.1 Å². The number of amides is 2. The van der Waals surface area contributed by atoms with E-state index in [-0.39, 0.29) is 42.2 Å². The van der Waals surface area contributed by atoms with Crippen LogP contribution in [-0.2, 0) is 19.1 Å². The van der Waals surface area contributed by atoms with E-state index < -0.39 is 11.5 Å². The summed E-state index contributed by atoms with van der Waals surface area (Å²) < 4.78 is 6.07. The number of ether oxygens (including phenoxy) is 1. The Kier molecular flexibility index (Phi) is 4.61. The molecule has 6 fully saturated rings. The van der Waals surface area contributed by atoms with Gasteiger partial charge < -0.3 is 15.4 Å². The van der Waals surface area contributed by atoms with Gasteiger partial charge in [0.25, 0.3) is 0 Å². The fourth-order valence-electron chi connectivity index (χ4n) is 7.73. The first-order valence-corrected chi connectivity index (χ1v) is 11.5. The molecule has 5 unspecified atom stereocenters. The van der Waals surface area contributed by atoms with E-state index >= 15 is 0 Å². The number of likely N-dealkylation sites (tertiary alicyclic amines) is 1. The lowest BCUT2D eigenvalue weighted by Gasteiger charge is -2.61. The number of esters is 1. The third-order valence-electron chi connectivity index (χ3n) is 8.33. The predicted molar refractivity (Wildman–Crippen MR) is 106 cm³/mol. The first kappa shape index (κ1) is 19.8. The van der Waals surface area contributed by atoms with E-state index in [4.69, 9.17) is 10.5 Å². The topological polar surface area (TPSA) is 113 Å². The van der Waals surface area contributed by atoms with Gasteiger partial charge in [-0.3, -0.25) is 14.4 Å². The maximum Gasteiger partial charge on any atom is 0.306 e. The van der Waals surface area contributed by atoms with Gasteiger partial charge in [0, 0.05) is 25.3 Å². The van der Waals surface area contributed by atoms with Gasteiger partial charge in [-0.1, -0.05) is 0 Å². The fraction of sp³-hybridized carbons (Fsp3) is 0.826. The highest BCUT2D eigenvalue weighted by Crippen LogP contribution is 2.64. The van der Waals surface area contributed by atoms with Crippen LogP contribution < -0.4 is 5.73 Å². The van der Waals surface area contributed by atoms with Gasteiger partial charge in [-0.25, -0.2) is 0 Å². The van der Waals surface area contributed by atoms with E-state index in [9.17, 15) is 19.6 Å². The Hall–Kier alpha value is -2.10. The molecule has 0 radical (unpaired) electrons. The number of hydrogen-bond donors (Lipinski definition) is 1. The highest BCUT2D eigenvalue weighted by molar-refractivity contribution is 5.79. The van der Waals surface area contributed by atoms with E-state index in [2.05, 4.69) is 6.07 Å². The molecule has 0 aromatic heterocycles. The molecule has 7 nitrogen and oxygen atoms in total. The first-order chi connectivity index (χ1) is 14.3. The summed E-state index contributed by atoms with van der Waals surface area (Å²) in [4.78, 5) is 38.6. The number of nitriles is 1. The molecule has 30 heavy (non-hydrogen) atoms. The summed E-state index contributed by atoms with van der Waals surface area (Å²) in [5.41, 5.74) is 4.62. The van der Waals surface area contributed by atoms with Gasteiger partial charge in [-0.05, 0) is 81.0 Å². The van der Waals surface area contributed by atoms with Gasteiger partial charge in [-0.2, -0.15) is 5.26 Å². The molecule has 1 saturated heterocycles. The van der Waals surface area contributed by atoms with E-state index in [1.165, 1.54) is 6.42 Å². The van der Waals surface area contributed by atoms with Crippen LogP contribution in [0, 0.1) is 34.5 Å². The van der Waals surface area contributed by atoms with E-state index in [0.29, 0.717) is 30.6 Å². The van der Waals surface area contributed by atoms with E-state index in [0.717, 1.165) is 44.9 Å². The largest absolute Gasteiger partial charge is 0.459 e. The fourth-order valence-corrected chi connectivity index (χ4v) is 7.73. The minimum atomic E-state index is -0.448. The van der Waals surface area contributed by atoms with Gasteiger partial charge in [-0.15, -0.1) is 0 Å². The Morgan fingerprint density at radius 2 is 1.80 bits per heavy atom. The minimum Gasteiger partial charge on any atom is -0.459 e. The molecule has 7 heteroatoms. The van der Waals surface area contributed by atoms with Crippen molar-refractivity contribution in [3.63, 3.8) is 0 Å². The lowest BCUT2D eigenvalue weighted by atomic mass is 9.47. The Morgan fingerprint density at radius 1 is 1.07 bits per heavy atom. The molecular weight excluding hydrogens is 382 g/mol. The molecule has 162 valence electrons. The highest BCUT2D eigenvalue weighted by atomic mass is 16.6. The number of carbonyl (C=O) groups excluding carboxylic acids is 3. The van der Waals surface area contributed by atoms with Crippen molar-refractivity contribution in [2.45, 2.75) is 94.7 Å². The summed E-state index contributed by atoms with van der Waals surface area (Å²) >= 11 is 0. The number of nitrogens with two attached hydrogens (primary N) is 1. The lowest BCUT2D eigenvalue weighted by Crippen LogP contribution is -2.58. The van der Waals surface area contributed by atoms with Crippen molar-refractivity contribution >= 4 is 17.8 Å². The summed E-state index contributed by atoms with van der Waals surface area (Å²) in [5.74, 6) is 1.04. The molecular formula is C23H31N3O4. The second-order valence-corrected chi connectivity index (χ2v) is 10.9. The van der Waals surface area contributed by atoms with Gasteiger partial charge in [0.15, 0.2) is 0 Å². The maximum atomic E-state index is 13.3. The van der Waals surface area contributed by atoms with Gasteiger partial charge in [0.1, 0.15) is 11.6 Å². The van der Waals surface area contributed by atoms with Gasteiger partial charge in [0.05, 0.1) is 6.07 Å². The molecule has 0 aromatic rings. The maximum absolute atomic E-state index is 13.3. The number of piperidine rings is 1. The van der Waals surface area contributed by atoms with Crippen molar-refractivity contribution in [1.29, 1.82) is 5.26 Å². The number of primary amides is 1. The van der Waals surface area contributed by atoms with Crippen LogP contribution in [0.5, 0.6) is 0 Å². The zero-order valence-corrected chi connectivity index (χ0v) is 17.5. The molecule has 0 aromatic carbocycles. The third kappa shape index (κ3) is 3.48. The molecule has 5 aliphatic carbocycles. The van der Waals surface area contributed by atoms with Crippen molar-refractivity contribution in [2.75, 3.05) is 0 Å². The first-order valence-electron chi connectivity index (χ1n) is 11.5. The van der Waals surface area contributed by atoms with Crippen LogP contribution in [-0.4, -0.2) is 40.4 Å². The molecule has 5 atom stereocenters. The summed E-state index contributed by atoms with van der Waals surface area (Å²) in [6.45, 7) is 0. The highest BCUT2D eigenvalue weighted by Gasteiger charge is 2.61. The summed E-state index contributed by atoms with van der Waals surface area (Å²) in [6.07, 6.45) is 9.02. The van der Waals surface area contributed by atoms with Crippen molar-refractivity contribution in [3.8, 4) is 6.07 Å². The van der Waals surface area contributed by atoms with Gasteiger partial charge >= 0.3 is 5.97 Å². The zero-order chi connectivity index (χ0) is 21.1. The molecule has 1 aliphatic heterocycles. The molecule has 5 saturated carbocycles. The number of fused-ring (bicyclic) bond motifs is 1. The number of carbonyl (C=O) groups is 3. The standard InChI is InChI=1S/C23H31N3O4/c24-12-17-5-16-6-18(16)26(17)20(28)11-22-7-14-4-15(8-22)10-23(9-14,13-22)30-21(29)3-1-2-19(25)27/h14-18H,1-11,13H2,(H2,25,27). The average Bonchev–Trinajstić information content (AvgIpc) is 3.28. The molecule has 1 heterocycles. The molecule has 6 rings (SSSR count). The van der Waals surface area contributed by atoms with Crippen molar-refractivity contribution in [3.05, 3.63) is 0 Å². The Bertz CT molecular complexity index is 804. The average molecular weight is 414 g/mol. The number of nitrogens with zero attached hydrogens (tertiary/aromatic N) is 2. The number of hydrogen-bond acceptors (Lipinski definition) is 5. The normalized spacial score (nSPS) is 42.5. The quantitative estimate of drug-likeness (QED) is 0.644. The second-order valence-electron chi connectivity index (χ2n) is 10.9. The lowest BCUT2D eigenvalue weighted by molar-refractivity contribution is -0.203. The van der Waals surface area contributed by atoms with Crippen LogP contribution in [0.4, 0.5) is 0 Å². The predicted octanol–water partition coefficient (Wildman–Crippen LogP) is 2.43. The number of rotatable bonds is 7. The van der Waals surface area contributed by atoms with Crippen LogP contribution in [0.25, 0.3) is 0 Å². The van der Waals surface area contributed by atoms with Crippen molar-refractivity contribution in [2.24, 2.45) is 28.9 Å². The third-order valence-corrected chi connectivity index (χ3v) is 8.33. The Labute approximate surface area is 177 Å². The molecule has 4 bridgehead atoms. The van der Waals surface area contributed by atoms with E-state index in [1.807, 2.05) is 4.90 Å². The molecule has 0 spiro atoms.